The van der Waals surface area contributed by atoms with Gasteiger partial charge in [-0.05, 0) is 34.6 Å². The van der Waals surface area contributed by atoms with E-state index in [0.29, 0.717) is 13.2 Å². The van der Waals surface area contributed by atoms with Gasteiger partial charge in [0, 0.05) is 13.2 Å². The third kappa shape index (κ3) is 5.35. The lowest BCUT2D eigenvalue weighted by Gasteiger charge is -2.38. The molecule has 0 spiro atoms. The molecule has 0 saturated heterocycles. The summed E-state index contributed by atoms with van der Waals surface area (Å²) in [4.78, 5) is 0. The maximum absolute atomic E-state index is 5.68. The molecule has 5 nitrogen and oxygen atoms in total. The Bertz CT molecular complexity index is 213. The SMILES string of the molecule is [CH2]COC(OC=C)(OC(C)C)C(OCC)OCC. The highest BCUT2D eigenvalue weighted by Crippen LogP contribution is 2.26. The monoisotopic (exact) mass is 261 g/mol. The third-order valence-corrected chi connectivity index (χ3v) is 1.88. The zero-order chi connectivity index (χ0) is 14.0. The van der Waals surface area contributed by atoms with Gasteiger partial charge < -0.3 is 23.7 Å². The second-order valence-electron chi connectivity index (χ2n) is 3.65. The minimum atomic E-state index is -1.48. The summed E-state index contributed by atoms with van der Waals surface area (Å²) in [5.41, 5.74) is 0. The number of rotatable bonds is 11. The molecule has 0 aromatic carbocycles. The van der Waals surface area contributed by atoms with Crippen molar-refractivity contribution in [1.82, 2.24) is 0 Å². The minimum Gasteiger partial charge on any atom is -0.444 e. The Morgan fingerprint density at radius 1 is 1.17 bits per heavy atom. The predicted molar refractivity (Wildman–Crippen MR) is 68.6 cm³/mol. The van der Waals surface area contributed by atoms with E-state index in [0.717, 1.165) is 0 Å². The van der Waals surface area contributed by atoms with E-state index in [1.807, 2.05) is 27.7 Å². The van der Waals surface area contributed by atoms with Crippen molar-refractivity contribution < 1.29 is 23.7 Å². The number of hydrogen-bond donors (Lipinski definition) is 0. The van der Waals surface area contributed by atoms with E-state index in [9.17, 15) is 0 Å². The van der Waals surface area contributed by atoms with E-state index in [1.54, 1.807) is 0 Å². The van der Waals surface area contributed by atoms with Gasteiger partial charge >= 0.3 is 5.97 Å². The molecule has 1 unspecified atom stereocenters. The molecule has 0 N–H and O–H groups in total. The molecule has 0 aliphatic carbocycles. The van der Waals surface area contributed by atoms with Gasteiger partial charge in [0.1, 0.15) is 0 Å². The molecule has 0 aliphatic rings. The summed E-state index contributed by atoms with van der Waals surface area (Å²) >= 11 is 0. The molecule has 1 atom stereocenters. The normalized spacial score (nSPS) is 14.8. The zero-order valence-electron chi connectivity index (χ0n) is 11.8. The maximum Gasteiger partial charge on any atom is 0.381 e. The fraction of sp³-hybridized carbons (Fsp3) is 0.769. The molecule has 0 fully saturated rings. The first-order valence-electron chi connectivity index (χ1n) is 6.19. The van der Waals surface area contributed by atoms with Crippen molar-refractivity contribution in [3.8, 4) is 0 Å². The van der Waals surface area contributed by atoms with Crippen LogP contribution < -0.4 is 0 Å². The van der Waals surface area contributed by atoms with Crippen molar-refractivity contribution in [1.29, 1.82) is 0 Å². The molecule has 1 radical (unpaired) electrons. The van der Waals surface area contributed by atoms with Crippen LogP contribution in [0.1, 0.15) is 27.7 Å². The highest BCUT2D eigenvalue weighted by molar-refractivity contribution is 4.70. The summed E-state index contributed by atoms with van der Waals surface area (Å²) in [5.74, 6) is -1.48. The van der Waals surface area contributed by atoms with Gasteiger partial charge in [0.15, 0.2) is 0 Å². The Morgan fingerprint density at radius 3 is 2.06 bits per heavy atom. The van der Waals surface area contributed by atoms with E-state index in [4.69, 9.17) is 23.7 Å². The molecule has 18 heavy (non-hydrogen) atoms. The molecule has 0 saturated carbocycles. The van der Waals surface area contributed by atoms with Crippen LogP contribution in [0.15, 0.2) is 12.8 Å². The van der Waals surface area contributed by atoms with Gasteiger partial charge in [-0.1, -0.05) is 6.58 Å². The van der Waals surface area contributed by atoms with Crippen LogP contribution in [-0.2, 0) is 23.7 Å². The van der Waals surface area contributed by atoms with Crippen LogP contribution in [-0.4, -0.2) is 38.2 Å². The zero-order valence-corrected chi connectivity index (χ0v) is 11.8. The Labute approximate surface area is 110 Å². The van der Waals surface area contributed by atoms with Crippen LogP contribution in [0.2, 0.25) is 0 Å². The van der Waals surface area contributed by atoms with Crippen molar-refractivity contribution in [2.45, 2.75) is 46.1 Å². The van der Waals surface area contributed by atoms with Crippen molar-refractivity contribution in [2.24, 2.45) is 0 Å². The highest BCUT2D eigenvalue weighted by Gasteiger charge is 2.46. The van der Waals surface area contributed by atoms with E-state index in [-0.39, 0.29) is 12.7 Å². The van der Waals surface area contributed by atoms with Crippen LogP contribution in [0.5, 0.6) is 0 Å². The molecule has 0 bridgehead atoms. The first-order chi connectivity index (χ1) is 8.56. The Morgan fingerprint density at radius 2 is 1.72 bits per heavy atom. The Kier molecular flexibility index (Phi) is 9.01. The van der Waals surface area contributed by atoms with Gasteiger partial charge in [-0.15, -0.1) is 0 Å². The Hall–Kier alpha value is -0.620. The summed E-state index contributed by atoms with van der Waals surface area (Å²) < 4.78 is 27.5. The van der Waals surface area contributed by atoms with Crippen LogP contribution in [0.3, 0.4) is 0 Å². The third-order valence-electron chi connectivity index (χ3n) is 1.88. The summed E-state index contributed by atoms with van der Waals surface area (Å²) in [6, 6.07) is 0. The fourth-order valence-corrected chi connectivity index (χ4v) is 1.42. The summed E-state index contributed by atoms with van der Waals surface area (Å²) in [6.07, 6.45) is 0.290. The van der Waals surface area contributed by atoms with Crippen LogP contribution in [0.4, 0.5) is 0 Å². The van der Waals surface area contributed by atoms with E-state index in [1.165, 1.54) is 6.26 Å². The van der Waals surface area contributed by atoms with Crippen LogP contribution in [0.25, 0.3) is 0 Å². The first kappa shape index (κ1) is 17.4. The smallest absolute Gasteiger partial charge is 0.381 e. The summed E-state index contributed by atoms with van der Waals surface area (Å²) in [5, 5.41) is 0. The Balaban J connectivity index is 5.09. The van der Waals surface area contributed by atoms with E-state index >= 15 is 0 Å². The first-order valence-corrected chi connectivity index (χ1v) is 6.19. The lowest BCUT2D eigenvalue weighted by atomic mass is 10.4. The van der Waals surface area contributed by atoms with Crippen LogP contribution >= 0.6 is 0 Å². The molecule has 0 aliphatic heterocycles. The van der Waals surface area contributed by atoms with Gasteiger partial charge in [0.2, 0.25) is 0 Å². The van der Waals surface area contributed by atoms with Crippen molar-refractivity contribution in [3.63, 3.8) is 0 Å². The molecular weight excluding hydrogens is 236 g/mol. The molecule has 107 valence electrons. The average Bonchev–Trinajstić information content (AvgIpc) is 2.28. The molecule has 0 aromatic heterocycles. The predicted octanol–water partition coefficient (Wildman–Crippen LogP) is 2.48. The second kappa shape index (κ2) is 9.33. The number of ether oxygens (including phenoxy) is 5. The molecule has 0 amide bonds. The molecule has 0 aromatic rings. The lowest BCUT2D eigenvalue weighted by Crippen LogP contribution is -2.53. The van der Waals surface area contributed by atoms with Crippen molar-refractivity contribution in [3.05, 3.63) is 19.8 Å². The topological polar surface area (TPSA) is 46.2 Å². The molecule has 0 heterocycles. The average molecular weight is 261 g/mol. The quantitative estimate of drug-likeness (QED) is 0.422. The highest BCUT2D eigenvalue weighted by atomic mass is 16.9. The maximum atomic E-state index is 5.68. The van der Waals surface area contributed by atoms with Gasteiger partial charge in [-0.3, -0.25) is 0 Å². The van der Waals surface area contributed by atoms with Gasteiger partial charge in [-0.2, -0.15) is 0 Å². The molecule has 0 rings (SSSR count). The minimum absolute atomic E-state index is 0.139. The fourth-order valence-electron chi connectivity index (χ4n) is 1.42. The van der Waals surface area contributed by atoms with Gasteiger partial charge in [0.05, 0.1) is 19.0 Å². The molecular formula is C13H25O5. The summed E-state index contributed by atoms with van der Waals surface area (Å²) in [6.45, 7) is 15.6. The second-order valence-corrected chi connectivity index (χ2v) is 3.65. The van der Waals surface area contributed by atoms with Crippen molar-refractivity contribution >= 4 is 0 Å². The number of hydrogen-bond acceptors (Lipinski definition) is 5. The van der Waals surface area contributed by atoms with Crippen molar-refractivity contribution in [2.75, 3.05) is 19.8 Å². The van der Waals surface area contributed by atoms with Gasteiger partial charge in [0.25, 0.3) is 6.29 Å². The van der Waals surface area contributed by atoms with Gasteiger partial charge in [-0.25, -0.2) is 0 Å². The van der Waals surface area contributed by atoms with Crippen LogP contribution in [0, 0.1) is 6.92 Å². The van der Waals surface area contributed by atoms with E-state index in [2.05, 4.69) is 13.5 Å². The standard InChI is InChI=1S/C13H25O5/c1-7-14-12(15-8-2)13(16-9-3,17-10-4)18-11(5)6/h9,11-12H,3-4,7-8,10H2,1-2,5-6H3. The van der Waals surface area contributed by atoms with E-state index < -0.39 is 12.3 Å². The molecule has 5 heteroatoms. The largest absolute Gasteiger partial charge is 0.444 e. The summed E-state index contributed by atoms with van der Waals surface area (Å²) in [7, 11) is 0. The lowest BCUT2D eigenvalue weighted by molar-refractivity contribution is -0.447.